The SMILES string of the molecule is CCC(=O)c1cc(C)nc(N)c1.Cc1cc(C(=O)O)cc(Cl)n1.Cc1cc(C(=O)O)cc(N)n1.II(I)I(I)I(I)I(I)I(I)I(I)I(I)I.I[I-]I(I)I(I)I(I)I(I)I(I)I(I)I. The van der Waals surface area contributed by atoms with Crippen LogP contribution in [0.4, 0.5) is 11.6 Å². The van der Waals surface area contributed by atoms with E-state index in [1.165, 1.54) is 24.3 Å². The van der Waals surface area contributed by atoms with Crippen molar-refractivity contribution in [3.63, 3.8) is 0 Å². The molecule has 0 bridgehead atoms. The van der Waals surface area contributed by atoms with Crippen LogP contribution in [0.5, 0.6) is 0 Å². The van der Waals surface area contributed by atoms with Gasteiger partial charge in [0.15, 0.2) is 5.78 Å². The number of carbonyl (C=O) groups excluding carboxylic acids is 1. The summed E-state index contributed by atoms with van der Waals surface area (Å²) in [5.74, 6) is -1.22. The quantitative estimate of drug-likeness (QED) is 0.0612. The molecule has 0 aromatic carbocycles. The first-order valence-electron chi connectivity index (χ1n) is 14.1. The molecule has 0 fully saturated rings. The molecule has 3 aromatic heterocycles. The normalized spacial score (nSPS) is 13.3. The number of hydrogen-bond acceptors (Lipinski definition) is 8. The molecule has 0 spiro atoms. The van der Waals surface area contributed by atoms with E-state index in [0.29, 0.717) is 42.4 Å². The topological polar surface area (TPSA) is 182 Å². The number of nitrogens with two attached hydrogens (primary N) is 2. The first-order valence-corrected chi connectivity index (χ1v) is 197. The van der Waals surface area contributed by atoms with E-state index in [0.717, 1.165) is 5.69 Å². The predicted molar refractivity (Wildman–Crippen MR) is 550 cm³/mol. The van der Waals surface area contributed by atoms with Gasteiger partial charge in [0.2, 0.25) is 0 Å². The Hall–Kier alpha value is 18.6. The molecular formula is C23H26ClI31N5O5-. The standard InChI is InChI=1S/C9H12N2O.C7H6ClNO2.C7H8N2O2.I16.I15/c1-3-8(12)7-4-6(2)11-9(10)5-7;2*1-4-2-5(7(10)11)3-6(8)9-4;1-10(2)12(5)14(7)16(9)15(8)13(6)11(3)4;1-9-11(4)13(6)15(8)14(7)12(5)10(2)3/h4-5H,3H2,1-2H3,(H2,10,11);2-3H,1H3,(H,10,11);2-3H,1H3,(H2,8,9)(H,10,11);;/q;;;;-1. The monoisotopic (exact) mass is 4420 g/mol. The third-order valence-corrected chi connectivity index (χ3v) is 1910. The summed E-state index contributed by atoms with van der Waals surface area (Å²) in [5, 5.41) is 17.3. The minimum absolute atomic E-state index is 0.104. The Morgan fingerprint density at radius 1 is 0.523 bits per heavy atom. The van der Waals surface area contributed by atoms with Crippen molar-refractivity contribution in [2.24, 2.45) is 0 Å². The zero-order valence-corrected chi connectivity index (χ0v) is 98.5. The van der Waals surface area contributed by atoms with Crippen LogP contribution >= 0.6 is 431 Å². The number of hydrogen-bond donors (Lipinski definition) is 4. The van der Waals surface area contributed by atoms with E-state index in [1.807, 2.05) is 13.8 Å². The number of rotatable bonds is 16. The number of carboxylic acid groups (broad SMARTS) is 2. The van der Waals surface area contributed by atoms with Gasteiger partial charge in [-0.25, -0.2) is 24.5 Å². The molecule has 0 atom stereocenters. The summed E-state index contributed by atoms with van der Waals surface area (Å²) in [7, 11) is -4.64. The maximum atomic E-state index is 11.2. The molecule has 0 radical (unpaired) electrons. The number of ketones is 1. The van der Waals surface area contributed by atoms with E-state index in [1.54, 1.807) is 26.0 Å². The van der Waals surface area contributed by atoms with Crippen LogP contribution in [0.2, 0.25) is 5.15 Å². The molecule has 65 heavy (non-hydrogen) atoms. The average molecular weight is 4420 g/mol. The molecule has 0 aliphatic heterocycles. The van der Waals surface area contributed by atoms with Gasteiger partial charge in [-0.05, 0) is 57.2 Å². The Kier molecular flexibility index (Phi) is 66.2. The Morgan fingerprint density at radius 3 is 1.11 bits per heavy atom. The van der Waals surface area contributed by atoms with Crippen molar-refractivity contribution in [3.8, 4) is 0 Å². The van der Waals surface area contributed by atoms with Crippen LogP contribution < -0.4 is 24.7 Å². The van der Waals surface area contributed by atoms with Crippen molar-refractivity contribution in [3.05, 3.63) is 75.3 Å². The Morgan fingerprint density at radius 2 is 0.815 bits per heavy atom. The fourth-order valence-corrected chi connectivity index (χ4v) is 3980. The molecule has 0 amide bonds. The summed E-state index contributed by atoms with van der Waals surface area (Å²) in [6.45, 7) is 7.04. The molecule has 398 valence electrons. The number of pyridine rings is 3. The second kappa shape index (κ2) is 50.3. The van der Waals surface area contributed by atoms with Gasteiger partial charge in [0.25, 0.3) is 0 Å². The van der Waals surface area contributed by atoms with Gasteiger partial charge >= 0.3 is 444 Å². The van der Waals surface area contributed by atoms with Crippen LogP contribution in [0.3, 0.4) is 0 Å². The Labute approximate surface area is 608 Å². The number of aryl methyl sites for hydroxylation is 3. The van der Waals surface area contributed by atoms with Gasteiger partial charge in [-0.15, -0.1) is 0 Å². The van der Waals surface area contributed by atoms with Gasteiger partial charge in [0.05, 0.1) is 11.1 Å². The van der Waals surface area contributed by atoms with Crippen LogP contribution in [0.25, 0.3) is 0 Å². The third kappa shape index (κ3) is 40.8. The van der Waals surface area contributed by atoms with Crippen LogP contribution in [-0.2, 0) is 0 Å². The first-order chi connectivity index (χ1) is 29.8. The molecule has 3 aromatic rings. The molecule has 42 heteroatoms. The molecule has 10 nitrogen and oxygen atoms in total. The van der Waals surface area contributed by atoms with Gasteiger partial charge in [0, 0.05) is 29.1 Å². The van der Waals surface area contributed by atoms with E-state index < -0.39 is 35.6 Å². The minimum atomic E-state index is -0.989. The zero-order valence-electron chi connectivity index (χ0n) is 30.9. The average Bonchev–Trinajstić information content (AvgIpc) is 3.22. The number of nitrogens with zero attached hydrogens (tertiary/aromatic N) is 3. The molecule has 3 heterocycles. The second-order valence-electron chi connectivity index (χ2n) is 9.21. The number of anilines is 2. The van der Waals surface area contributed by atoms with Crippen LogP contribution in [0.1, 0.15) is 61.5 Å². The van der Waals surface area contributed by atoms with Gasteiger partial charge in [-0.2, -0.15) is 0 Å². The van der Waals surface area contributed by atoms with Gasteiger partial charge in [0.1, 0.15) is 16.8 Å². The molecule has 6 N–H and O–H groups in total. The van der Waals surface area contributed by atoms with Gasteiger partial charge < -0.3 is 21.7 Å². The third-order valence-electron chi connectivity index (χ3n) is 4.94. The van der Waals surface area contributed by atoms with Crippen molar-refractivity contribution in [1.29, 1.82) is 0 Å². The van der Waals surface area contributed by atoms with Gasteiger partial charge in [-0.3, -0.25) is 4.79 Å². The van der Waals surface area contributed by atoms with Crippen molar-refractivity contribution in [1.82, 2.24) is 15.0 Å². The molecule has 0 aliphatic rings. The summed E-state index contributed by atoms with van der Waals surface area (Å²) < 4.78 is 0. The molecule has 0 saturated heterocycles. The van der Waals surface area contributed by atoms with E-state index in [9.17, 15) is 14.4 Å². The number of carbonyl (C=O) groups is 3. The van der Waals surface area contributed by atoms with Crippen molar-refractivity contribution in [2.75, 3.05) is 11.5 Å². The number of Topliss-reactive ketones (excluding diaryl/α,β-unsaturated/α-hetero) is 1. The number of aromatic carboxylic acids is 2. The summed E-state index contributed by atoms with van der Waals surface area (Å²) >= 11 is 56.4. The number of halogens is 32. The van der Waals surface area contributed by atoms with Gasteiger partial charge in [-0.1, -0.05) is 18.5 Å². The molecular weight excluding hydrogens is 4400 g/mol. The molecule has 0 aliphatic carbocycles. The van der Waals surface area contributed by atoms with E-state index >= 15 is 0 Å². The Bertz CT molecular complexity index is 1780. The number of carboxylic acids is 2. The summed E-state index contributed by atoms with van der Waals surface area (Å²) in [6, 6.07) is 8.94. The van der Waals surface area contributed by atoms with Crippen molar-refractivity contribution in [2.45, 2.75) is 34.1 Å². The molecule has 3 rings (SSSR count). The number of aromatic nitrogens is 3. The van der Waals surface area contributed by atoms with Crippen molar-refractivity contribution < 1.29 is 37.9 Å². The summed E-state index contributed by atoms with van der Waals surface area (Å²) in [4.78, 5) is 43.7. The van der Waals surface area contributed by atoms with Crippen molar-refractivity contribution >= 4 is 460 Å². The van der Waals surface area contributed by atoms with Crippen LogP contribution in [0.15, 0.2) is 36.4 Å². The van der Waals surface area contributed by atoms with E-state index in [4.69, 9.17) is 33.3 Å². The fourth-order valence-electron chi connectivity index (χ4n) is 2.92. The number of nitrogen functional groups attached to an aromatic ring is 2. The van der Waals surface area contributed by atoms with Crippen LogP contribution in [0, 0.1) is 20.8 Å². The zero-order chi connectivity index (χ0) is 51.2. The predicted octanol–water partition coefficient (Wildman–Crippen LogP) is 27.6. The Balaban J connectivity index is 0. The van der Waals surface area contributed by atoms with E-state index in [2.05, 4.69) is 331 Å². The summed E-state index contributed by atoms with van der Waals surface area (Å²) in [6.07, 6.45) is 0.503. The second-order valence-corrected chi connectivity index (χ2v) is 659. The molecule has 0 unspecified atom stereocenters. The maximum absolute atomic E-state index is 11.2. The summed E-state index contributed by atoms with van der Waals surface area (Å²) in [5.41, 5.74) is 13.8. The first kappa shape index (κ1) is 85.6. The molecule has 0 saturated carbocycles. The van der Waals surface area contributed by atoms with Crippen LogP contribution in [-0.4, -0.2) is 42.9 Å². The van der Waals surface area contributed by atoms with E-state index in [-0.39, 0.29) is 107 Å². The fraction of sp³-hybridized carbons (Fsp3) is 0.217.